The summed E-state index contributed by atoms with van der Waals surface area (Å²) in [5.41, 5.74) is 5.91. The highest BCUT2D eigenvalue weighted by Gasteiger charge is 2.40. The van der Waals surface area contributed by atoms with Gasteiger partial charge in [0.25, 0.3) is 0 Å². The van der Waals surface area contributed by atoms with Gasteiger partial charge in [0.1, 0.15) is 0 Å². The lowest BCUT2D eigenvalue weighted by Gasteiger charge is -2.32. The number of carbonyl (C=O) groups excluding carboxylic acids is 1. The van der Waals surface area contributed by atoms with Crippen molar-refractivity contribution in [2.75, 3.05) is 26.7 Å². The molecule has 2 heterocycles. The Hall–Kier alpha value is -0.610. The van der Waals surface area contributed by atoms with Crippen molar-refractivity contribution in [2.45, 2.75) is 44.7 Å². The fourth-order valence-corrected chi connectivity index (χ4v) is 3.29. The van der Waals surface area contributed by atoms with Crippen molar-refractivity contribution in [3.63, 3.8) is 0 Å². The van der Waals surface area contributed by atoms with Crippen molar-refractivity contribution < 1.29 is 4.79 Å². The average molecular weight is 239 g/mol. The highest BCUT2D eigenvalue weighted by atomic mass is 16.2. The van der Waals surface area contributed by atoms with Gasteiger partial charge in [-0.2, -0.15) is 0 Å². The Morgan fingerprint density at radius 3 is 2.59 bits per heavy atom. The number of hydrogen-bond acceptors (Lipinski definition) is 3. The van der Waals surface area contributed by atoms with Crippen LogP contribution in [0.1, 0.15) is 33.1 Å². The Kier molecular flexibility index (Phi) is 3.46. The first-order valence-corrected chi connectivity index (χ1v) is 6.63. The zero-order valence-corrected chi connectivity index (χ0v) is 11.3. The standard InChI is InChI=1S/C13H25N3O/c1-13(2)7-11(14)9-16(13)12(17)6-10-4-5-15(3)8-10/h10-11H,4-9,14H2,1-3H3. The summed E-state index contributed by atoms with van der Waals surface area (Å²) < 4.78 is 0. The number of nitrogens with two attached hydrogens (primary N) is 1. The van der Waals surface area contributed by atoms with Crippen molar-refractivity contribution in [3.8, 4) is 0 Å². The molecule has 4 heteroatoms. The van der Waals surface area contributed by atoms with Gasteiger partial charge in [0.2, 0.25) is 5.91 Å². The summed E-state index contributed by atoms with van der Waals surface area (Å²) >= 11 is 0. The number of amides is 1. The molecule has 0 aliphatic carbocycles. The van der Waals surface area contributed by atoms with E-state index in [1.807, 2.05) is 4.90 Å². The van der Waals surface area contributed by atoms with E-state index >= 15 is 0 Å². The van der Waals surface area contributed by atoms with E-state index in [4.69, 9.17) is 5.73 Å². The Bertz CT molecular complexity index is 303. The lowest BCUT2D eigenvalue weighted by Crippen LogP contribution is -2.43. The summed E-state index contributed by atoms with van der Waals surface area (Å²) in [6, 6.07) is 0.153. The topological polar surface area (TPSA) is 49.6 Å². The van der Waals surface area contributed by atoms with Gasteiger partial charge in [0.05, 0.1) is 0 Å². The molecule has 2 fully saturated rings. The second-order valence-corrected chi connectivity index (χ2v) is 6.40. The number of carbonyl (C=O) groups is 1. The first kappa shape index (κ1) is 12.8. The van der Waals surface area contributed by atoms with Crippen LogP contribution in [-0.2, 0) is 4.79 Å². The molecule has 4 nitrogen and oxygen atoms in total. The van der Waals surface area contributed by atoms with Crippen molar-refractivity contribution in [1.82, 2.24) is 9.80 Å². The minimum atomic E-state index is -0.0546. The molecule has 0 saturated carbocycles. The molecule has 0 aromatic rings. The van der Waals surface area contributed by atoms with Gasteiger partial charge in [-0.15, -0.1) is 0 Å². The molecular formula is C13H25N3O. The molecule has 0 aromatic heterocycles. The maximum atomic E-state index is 12.3. The molecule has 2 rings (SSSR count). The second-order valence-electron chi connectivity index (χ2n) is 6.40. The van der Waals surface area contributed by atoms with Gasteiger partial charge in [-0.1, -0.05) is 0 Å². The van der Waals surface area contributed by atoms with E-state index in [0.29, 0.717) is 18.2 Å². The third-order valence-corrected chi connectivity index (χ3v) is 4.16. The summed E-state index contributed by atoms with van der Waals surface area (Å²) in [5.74, 6) is 0.836. The molecular weight excluding hydrogens is 214 g/mol. The quantitative estimate of drug-likeness (QED) is 0.770. The van der Waals surface area contributed by atoms with Crippen molar-refractivity contribution in [3.05, 3.63) is 0 Å². The van der Waals surface area contributed by atoms with E-state index in [0.717, 1.165) is 32.5 Å². The highest BCUT2D eigenvalue weighted by molar-refractivity contribution is 5.77. The van der Waals surface area contributed by atoms with Crippen LogP contribution in [0.3, 0.4) is 0 Å². The monoisotopic (exact) mass is 239 g/mol. The number of likely N-dealkylation sites (tertiary alicyclic amines) is 2. The Morgan fingerprint density at radius 1 is 1.41 bits per heavy atom. The van der Waals surface area contributed by atoms with Gasteiger partial charge in [0, 0.05) is 31.1 Å². The normalized spacial score (nSPS) is 33.3. The fourth-order valence-electron chi connectivity index (χ4n) is 3.29. The van der Waals surface area contributed by atoms with E-state index in [1.165, 1.54) is 0 Å². The number of rotatable bonds is 2. The van der Waals surface area contributed by atoms with Crippen molar-refractivity contribution in [2.24, 2.45) is 11.7 Å². The summed E-state index contributed by atoms with van der Waals surface area (Å²) in [5, 5.41) is 0. The maximum absolute atomic E-state index is 12.3. The SMILES string of the molecule is CN1CCC(CC(=O)N2CC(N)CC2(C)C)C1. The van der Waals surface area contributed by atoms with Crippen LogP contribution in [0.2, 0.25) is 0 Å². The molecule has 0 bridgehead atoms. The van der Waals surface area contributed by atoms with Gasteiger partial charge >= 0.3 is 0 Å². The van der Waals surface area contributed by atoms with Crippen LogP contribution in [0.25, 0.3) is 0 Å². The van der Waals surface area contributed by atoms with E-state index in [1.54, 1.807) is 0 Å². The molecule has 98 valence electrons. The highest BCUT2D eigenvalue weighted by Crippen LogP contribution is 2.30. The molecule has 2 N–H and O–H groups in total. The molecule has 0 radical (unpaired) electrons. The average Bonchev–Trinajstić information content (AvgIpc) is 2.69. The van der Waals surface area contributed by atoms with E-state index in [9.17, 15) is 4.79 Å². The molecule has 2 aliphatic heterocycles. The van der Waals surface area contributed by atoms with Crippen LogP contribution in [-0.4, -0.2) is 54.0 Å². The minimum absolute atomic E-state index is 0.0546. The lowest BCUT2D eigenvalue weighted by atomic mass is 9.98. The Labute approximate surface area is 104 Å². The van der Waals surface area contributed by atoms with Crippen LogP contribution in [0.5, 0.6) is 0 Å². The molecule has 2 aliphatic rings. The van der Waals surface area contributed by atoms with Gasteiger partial charge in [0.15, 0.2) is 0 Å². The van der Waals surface area contributed by atoms with Crippen LogP contribution < -0.4 is 5.73 Å². The minimum Gasteiger partial charge on any atom is -0.336 e. The van der Waals surface area contributed by atoms with Crippen LogP contribution >= 0.6 is 0 Å². The van der Waals surface area contributed by atoms with Crippen molar-refractivity contribution in [1.29, 1.82) is 0 Å². The zero-order valence-electron chi connectivity index (χ0n) is 11.3. The van der Waals surface area contributed by atoms with Gasteiger partial charge < -0.3 is 15.5 Å². The first-order valence-electron chi connectivity index (χ1n) is 6.63. The predicted molar refractivity (Wildman–Crippen MR) is 68.6 cm³/mol. The molecule has 2 saturated heterocycles. The maximum Gasteiger partial charge on any atom is 0.223 e. The molecule has 1 amide bonds. The lowest BCUT2D eigenvalue weighted by molar-refractivity contribution is -0.135. The molecule has 17 heavy (non-hydrogen) atoms. The third kappa shape index (κ3) is 2.80. The molecule has 2 atom stereocenters. The number of nitrogens with zero attached hydrogens (tertiary/aromatic N) is 2. The van der Waals surface area contributed by atoms with E-state index in [-0.39, 0.29) is 11.6 Å². The second kappa shape index (κ2) is 4.58. The Balaban J connectivity index is 1.92. The fraction of sp³-hybridized carbons (Fsp3) is 0.923. The smallest absolute Gasteiger partial charge is 0.223 e. The molecule has 0 aromatic carbocycles. The van der Waals surface area contributed by atoms with Gasteiger partial charge in [-0.05, 0) is 46.2 Å². The summed E-state index contributed by atoms with van der Waals surface area (Å²) in [6.07, 6.45) is 2.77. The number of hydrogen-bond donors (Lipinski definition) is 1. The zero-order chi connectivity index (χ0) is 12.6. The largest absolute Gasteiger partial charge is 0.336 e. The summed E-state index contributed by atoms with van der Waals surface area (Å²) in [7, 11) is 2.13. The van der Waals surface area contributed by atoms with Crippen LogP contribution in [0.15, 0.2) is 0 Å². The molecule has 0 spiro atoms. The predicted octanol–water partition coefficient (Wildman–Crippen LogP) is 0.666. The third-order valence-electron chi connectivity index (χ3n) is 4.16. The summed E-state index contributed by atoms with van der Waals surface area (Å²) in [6.45, 7) is 7.17. The van der Waals surface area contributed by atoms with Crippen LogP contribution in [0.4, 0.5) is 0 Å². The van der Waals surface area contributed by atoms with Crippen LogP contribution in [0, 0.1) is 5.92 Å². The van der Waals surface area contributed by atoms with E-state index in [2.05, 4.69) is 25.8 Å². The van der Waals surface area contributed by atoms with Gasteiger partial charge in [-0.3, -0.25) is 4.79 Å². The van der Waals surface area contributed by atoms with Crippen molar-refractivity contribution >= 4 is 5.91 Å². The molecule has 2 unspecified atom stereocenters. The summed E-state index contributed by atoms with van der Waals surface area (Å²) in [4.78, 5) is 16.6. The van der Waals surface area contributed by atoms with Gasteiger partial charge in [-0.25, -0.2) is 0 Å². The Morgan fingerprint density at radius 2 is 2.12 bits per heavy atom. The first-order chi connectivity index (χ1) is 7.88. The van der Waals surface area contributed by atoms with E-state index < -0.39 is 0 Å².